The molecular formula is C68H134N24O15. The zero-order chi connectivity index (χ0) is 80.4. The van der Waals surface area contributed by atoms with Crippen molar-refractivity contribution in [1.29, 1.82) is 0 Å². The molecule has 107 heavy (non-hydrogen) atoms. The number of carboxylic acid groups (broad SMARTS) is 2. The second-order valence-electron chi connectivity index (χ2n) is 29.2. The van der Waals surface area contributed by atoms with E-state index in [-0.39, 0.29) is 133 Å². The molecule has 39 heteroatoms. The molecule has 616 valence electrons. The quantitative estimate of drug-likeness (QED) is 0.0382. The first kappa shape index (κ1) is 95.8. The van der Waals surface area contributed by atoms with Crippen molar-refractivity contribution in [2.75, 3.05) is 92.1 Å². The van der Waals surface area contributed by atoms with E-state index in [1.165, 1.54) is 7.05 Å². The summed E-state index contributed by atoms with van der Waals surface area (Å²) in [5.41, 5.74) is 11.5. The van der Waals surface area contributed by atoms with Crippen LogP contribution >= 0.6 is 0 Å². The normalized spacial score (nSPS) is 15.1. The highest BCUT2D eigenvalue weighted by atomic mass is 16.4. The van der Waals surface area contributed by atoms with Crippen molar-refractivity contribution >= 4 is 78.3 Å². The van der Waals surface area contributed by atoms with Crippen LogP contribution in [0.25, 0.3) is 0 Å². The van der Waals surface area contributed by atoms with Crippen molar-refractivity contribution in [3.05, 3.63) is 0 Å². The van der Waals surface area contributed by atoms with E-state index in [0.717, 1.165) is 0 Å². The summed E-state index contributed by atoms with van der Waals surface area (Å²) in [6.07, 6.45) is 5.70. The second kappa shape index (κ2) is 55.3. The molecule has 0 aromatic carbocycles. The summed E-state index contributed by atoms with van der Waals surface area (Å²) in [6, 6.07) is -11.5. The van der Waals surface area contributed by atoms with Gasteiger partial charge in [-0.05, 0) is 128 Å². The fraction of sp³-hybridized carbons (Fsp3) is 0.809. The Morgan fingerprint density at radius 1 is 0.374 bits per heavy atom. The number of nitrogens with zero attached hydrogens (tertiary/aromatic N) is 1. The number of hydrogen-bond acceptors (Lipinski definition) is 15. The standard InChI is InChI=1S/C68H134N24O15/c1-41(2)28-51(36-76-60(99)84-47(18-13-15-25-69)32-73-59(98)83-46(11)31-72-58(97)71-12)88-63(102)74-33-49(21-23-56(93)94)86-61(100)77-37-52(29-42(3)4)89-64(103)79-39-54-20-17-27-92(54)68(107)81-35-48(19-14-16-26-70)85-65(104)80-40-55(44(7)8)91-66(105)75-34-50(22-24-57(95)96)87-62(101)78-38-53(30-43(5)6)90-67(106)82-45(9)10/h41-55H,13-40,69-70H2,1-12H3,(H,81,107)(H,93,94)(H,95,96)(H2,71,72,97)(H2,73,83,98)(H2,74,88,102)(H2,75,91,105)(H2,76,84,99)(H2,77,86,100)(H2,78,87,101)(H2,79,89,103)(H2,80,85,104)(H2,82,90,106)/t46-,47-,48-,49-,50-,51?,52?,53-,54-,55?/m0/s1. The molecule has 0 spiro atoms. The number of nitrogens with two attached hydrogens (primary N) is 2. The van der Waals surface area contributed by atoms with E-state index in [9.17, 15) is 72.5 Å². The molecule has 1 rings (SSSR count). The largest absolute Gasteiger partial charge is 0.481 e. The minimum absolute atomic E-state index is 0.00169. The lowest BCUT2D eigenvalue weighted by molar-refractivity contribution is -0.138. The first-order chi connectivity index (χ1) is 50.6. The number of carbonyl (C=O) groups is 13. The molecule has 39 nitrogen and oxygen atoms in total. The van der Waals surface area contributed by atoms with Crippen LogP contribution in [0.4, 0.5) is 52.7 Å². The number of aliphatic carboxylic acids is 2. The van der Waals surface area contributed by atoms with Crippen molar-refractivity contribution in [3.63, 3.8) is 0 Å². The van der Waals surface area contributed by atoms with E-state index < -0.39 is 127 Å². The number of carbonyl (C=O) groups excluding carboxylic acids is 11. The smallest absolute Gasteiger partial charge is 0.317 e. The van der Waals surface area contributed by atoms with Gasteiger partial charge in [-0.1, -0.05) is 68.2 Å². The predicted molar refractivity (Wildman–Crippen MR) is 407 cm³/mol. The fourth-order valence-corrected chi connectivity index (χ4v) is 11.4. The Kier molecular flexibility index (Phi) is 49.5. The van der Waals surface area contributed by atoms with Crippen molar-refractivity contribution in [2.24, 2.45) is 35.1 Å². The summed E-state index contributed by atoms with van der Waals surface area (Å²) in [4.78, 5) is 168. The first-order valence-electron chi connectivity index (χ1n) is 37.9. The summed E-state index contributed by atoms with van der Waals surface area (Å²) in [6.45, 7) is 22.3. The van der Waals surface area contributed by atoms with Gasteiger partial charge in [0.1, 0.15) is 0 Å². The van der Waals surface area contributed by atoms with E-state index in [1.54, 1.807) is 11.8 Å². The Labute approximate surface area is 631 Å². The Bertz CT molecular complexity index is 2680. The number of nitrogens with one attached hydrogen (secondary N) is 21. The highest BCUT2D eigenvalue weighted by Gasteiger charge is 2.31. The topological polar surface area (TPSA) is 570 Å². The van der Waals surface area contributed by atoms with E-state index in [4.69, 9.17) is 11.5 Å². The van der Waals surface area contributed by atoms with Gasteiger partial charge in [0.25, 0.3) is 0 Å². The summed E-state index contributed by atoms with van der Waals surface area (Å²) in [7, 11) is 1.48. The molecule has 0 aliphatic carbocycles. The van der Waals surface area contributed by atoms with Gasteiger partial charge in [0.2, 0.25) is 0 Å². The SMILES string of the molecule is CNC(=O)NC[C@H](C)NC(=O)NC[C@H](CCCCN)NC(=O)NCC(CC(C)C)NC(=O)NC[C@H](CCC(=O)O)NC(=O)NCC(CC(C)C)NC(=O)NC[C@@H]1CCCN1C(=O)NC[C@H](CCCCN)NC(=O)NCC(NC(=O)NC[C@H](CCC(=O)O)NC(=O)NC[C@H](CC(C)C)NC(=O)NC(C)C)C(C)C. The molecule has 1 fully saturated rings. The molecule has 0 radical (unpaired) electrons. The number of hydrogen-bond donors (Lipinski definition) is 25. The van der Waals surface area contributed by atoms with Crippen molar-refractivity contribution < 1.29 is 72.5 Å². The maximum absolute atomic E-state index is 13.8. The average molecular weight is 1530 g/mol. The van der Waals surface area contributed by atoms with Gasteiger partial charge in [0, 0.05) is 146 Å². The van der Waals surface area contributed by atoms with Crippen LogP contribution in [0.3, 0.4) is 0 Å². The molecule has 3 unspecified atom stereocenters. The molecule has 1 heterocycles. The molecule has 27 N–H and O–H groups in total. The third-order valence-corrected chi connectivity index (χ3v) is 16.9. The van der Waals surface area contributed by atoms with Crippen LogP contribution in [0.5, 0.6) is 0 Å². The van der Waals surface area contributed by atoms with Gasteiger partial charge in [-0.3, -0.25) is 9.59 Å². The van der Waals surface area contributed by atoms with Crippen LogP contribution in [-0.2, 0) is 9.59 Å². The minimum atomic E-state index is -1.12. The lowest BCUT2D eigenvalue weighted by Gasteiger charge is -2.28. The number of urea groups is 11. The Balaban J connectivity index is 2.89. The van der Waals surface area contributed by atoms with Crippen LogP contribution in [0, 0.1) is 23.7 Å². The molecule has 1 saturated heterocycles. The molecule has 0 bridgehead atoms. The van der Waals surface area contributed by atoms with Crippen LogP contribution in [0.1, 0.15) is 172 Å². The van der Waals surface area contributed by atoms with E-state index >= 15 is 0 Å². The highest BCUT2D eigenvalue weighted by molar-refractivity contribution is 5.80. The van der Waals surface area contributed by atoms with Crippen molar-refractivity contribution in [1.82, 2.24) is 117 Å². The number of rotatable bonds is 51. The molecule has 10 atom stereocenters. The second-order valence-corrected chi connectivity index (χ2v) is 29.2. The van der Waals surface area contributed by atoms with Crippen LogP contribution in [-0.4, -0.2) is 252 Å². The average Bonchev–Trinajstić information content (AvgIpc) is 1.74. The van der Waals surface area contributed by atoms with E-state index in [2.05, 4.69) is 112 Å². The number of carboxylic acids is 2. The third-order valence-electron chi connectivity index (χ3n) is 16.9. The van der Waals surface area contributed by atoms with Gasteiger partial charge in [0.15, 0.2) is 0 Å². The monoisotopic (exact) mass is 1530 g/mol. The maximum Gasteiger partial charge on any atom is 0.317 e. The summed E-state index contributed by atoms with van der Waals surface area (Å²) >= 11 is 0. The van der Waals surface area contributed by atoms with Crippen molar-refractivity contribution in [2.45, 2.75) is 239 Å². The van der Waals surface area contributed by atoms with Crippen LogP contribution in [0.2, 0.25) is 0 Å². The summed E-state index contributed by atoms with van der Waals surface area (Å²) in [5.74, 6) is -2.04. The minimum Gasteiger partial charge on any atom is -0.481 e. The molecule has 0 saturated carbocycles. The van der Waals surface area contributed by atoms with Crippen molar-refractivity contribution in [3.8, 4) is 0 Å². The highest BCUT2D eigenvalue weighted by Crippen LogP contribution is 2.17. The number of likely N-dealkylation sites (tertiary alicyclic amines) is 1. The summed E-state index contributed by atoms with van der Waals surface area (Å²) < 4.78 is 0. The number of amides is 22. The lowest BCUT2D eigenvalue weighted by Crippen LogP contribution is -2.56. The van der Waals surface area contributed by atoms with Gasteiger partial charge < -0.3 is 138 Å². The van der Waals surface area contributed by atoms with Crippen LogP contribution < -0.4 is 123 Å². The van der Waals surface area contributed by atoms with Crippen LogP contribution in [0.15, 0.2) is 0 Å². The summed E-state index contributed by atoms with van der Waals surface area (Å²) in [5, 5.41) is 77.3. The first-order valence-corrected chi connectivity index (χ1v) is 37.9. The van der Waals surface area contributed by atoms with Gasteiger partial charge in [-0.15, -0.1) is 0 Å². The maximum atomic E-state index is 13.8. The third kappa shape index (κ3) is 49.4. The number of unbranched alkanes of at least 4 members (excludes halogenated alkanes) is 2. The van der Waals surface area contributed by atoms with E-state index in [1.807, 2.05) is 69.2 Å². The fourth-order valence-electron chi connectivity index (χ4n) is 11.4. The molecule has 22 amide bonds. The van der Waals surface area contributed by atoms with Gasteiger partial charge in [-0.2, -0.15) is 0 Å². The van der Waals surface area contributed by atoms with Gasteiger partial charge in [0.05, 0.1) is 12.1 Å². The lowest BCUT2D eigenvalue weighted by atomic mass is 10.0. The zero-order valence-corrected chi connectivity index (χ0v) is 65.3. The molecule has 1 aliphatic heterocycles. The Hall–Kier alpha value is -9.17. The molecule has 0 aromatic rings. The van der Waals surface area contributed by atoms with Gasteiger partial charge >= 0.3 is 78.3 Å². The molecule has 0 aromatic heterocycles. The molecular weight excluding hydrogens is 1390 g/mol. The molecule has 1 aliphatic rings. The Morgan fingerprint density at radius 3 is 1.08 bits per heavy atom. The van der Waals surface area contributed by atoms with Gasteiger partial charge in [-0.25, -0.2) is 52.7 Å². The van der Waals surface area contributed by atoms with E-state index in [0.29, 0.717) is 90.3 Å². The zero-order valence-electron chi connectivity index (χ0n) is 65.3. The predicted octanol–water partition coefficient (Wildman–Crippen LogP) is 1.31. The Morgan fingerprint density at radius 2 is 0.710 bits per heavy atom.